The molecule has 1 spiro atoms. The minimum atomic E-state index is 0. The number of carbonyl (C=O) groups is 1. The summed E-state index contributed by atoms with van der Waals surface area (Å²) in [5.74, 6) is 0.753. The van der Waals surface area contributed by atoms with E-state index >= 15 is 0 Å². The van der Waals surface area contributed by atoms with Gasteiger partial charge in [-0.2, -0.15) is 0 Å². The molecule has 25 heavy (non-hydrogen) atoms. The van der Waals surface area contributed by atoms with E-state index in [1.165, 1.54) is 38.8 Å². The summed E-state index contributed by atoms with van der Waals surface area (Å²) >= 11 is 7.79. The first-order valence-electron chi connectivity index (χ1n) is 8.83. The average Bonchev–Trinajstić information content (AvgIpc) is 3.24. The van der Waals surface area contributed by atoms with Crippen LogP contribution in [0.5, 0.6) is 0 Å². The first kappa shape index (κ1) is 17.6. The van der Waals surface area contributed by atoms with Crippen molar-refractivity contribution in [1.82, 2.24) is 10.2 Å². The third kappa shape index (κ3) is 2.61. The van der Waals surface area contributed by atoms with Crippen molar-refractivity contribution >= 4 is 51.3 Å². The number of piperidine rings is 3. The summed E-state index contributed by atoms with van der Waals surface area (Å²) < 4.78 is 1.13. The van der Waals surface area contributed by atoms with Crippen LogP contribution in [0.1, 0.15) is 40.9 Å². The molecule has 2 aromatic rings. The number of nitrogens with one attached hydrogen (secondary N) is 1. The maximum Gasteiger partial charge on any atom is 0.261 e. The Morgan fingerprint density at radius 2 is 2.04 bits per heavy atom. The average molecular weight is 397 g/mol. The fourth-order valence-corrected chi connectivity index (χ4v) is 6.14. The number of thiophene rings is 1. The van der Waals surface area contributed by atoms with E-state index < -0.39 is 0 Å². The van der Waals surface area contributed by atoms with Gasteiger partial charge < -0.3 is 5.32 Å². The largest absolute Gasteiger partial charge is 0.346 e. The van der Waals surface area contributed by atoms with Gasteiger partial charge in [-0.15, -0.1) is 23.7 Å². The molecule has 3 nitrogen and oxygen atoms in total. The van der Waals surface area contributed by atoms with Crippen molar-refractivity contribution in [3.05, 3.63) is 33.7 Å². The van der Waals surface area contributed by atoms with Gasteiger partial charge >= 0.3 is 0 Å². The van der Waals surface area contributed by atoms with Crippen molar-refractivity contribution in [2.24, 2.45) is 5.92 Å². The number of carbonyl (C=O) groups excluding carboxylic acids is 1. The first-order chi connectivity index (χ1) is 11.6. The Labute approximate surface area is 163 Å². The SMILES string of the molecule is Cc1c(Cl)ccc2cc(C(=O)N[C@@H]3C4CCN(CC4)C34CC4)sc12.Cl. The van der Waals surface area contributed by atoms with Gasteiger partial charge in [-0.25, -0.2) is 0 Å². The van der Waals surface area contributed by atoms with E-state index in [0.717, 1.165) is 25.5 Å². The zero-order valence-electron chi connectivity index (χ0n) is 14.2. The van der Waals surface area contributed by atoms with Crippen LogP contribution < -0.4 is 5.32 Å². The molecule has 1 amide bonds. The molecule has 1 aliphatic carbocycles. The third-order valence-electron chi connectivity index (χ3n) is 6.36. The number of rotatable bonds is 2. The van der Waals surface area contributed by atoms with Crippen molar-refractivity contribution in [2.45, 2.75) is 44.2 Å². The lowest BCUT2D eigenvalue weighted by Crippen LogP contribution is -2.65. The number of fused-ring (bicyclic) bond motifs is 3. The zero-order chi connectivity index (χ0) is 16.5. The van der Waals surface area contributed by atoms with Gasteiger partial charge in [-0.1, -0.05) is 17.7 Å². The van der Waals surface area contributed by atoms with Crippen LogP contribution in [0, 0.1) is 12.8 Å². The highest BCUT2D eigenvalue weighted by molar-refractivity contribution is 7.21. The number of benzene rings is 1. The van der Waals surface area contributed by atoms with E-state index in [2.05, 4.69) is 10.2 Å². The van der Waals surface area contributed by atoms with Crippen LogP contribution >= 0.6 is 35.3 Å². The molecule has 1 N–H and O–H groups in total. The maximum atomic E-state index is 12.9. The summed E-state index contributed by atoms with van der Waals surface area (Å²) in [6, 6.07) is 6.27. The minimum Gasteiger partial charge on any atom is -0.346 e. The summed E-state index contributed by atoms with van der Waals surface area (Å²) in [7, 11) is 0. The molecule has 4 fully saturated rings. The second kappa shape index (κ2) is 6.12. The molecule has 1 aromatic carbocycles. The lowest BCUT2D eigenvalue weighted by molar-refractivity contribution is -0.00138. The molecule has 6 heteroatoms. The molecule has 3 saturated heterocycles. The van der Waals surface area contributed by atoms with E-state index in [1.54, 1.807) is 11.3 Å². The topological polar surface area (TPSA) is 32.3 Å². The molecule has 6 rings (SSSR count). The Balaban J connectivity index is 0.00000157. The fourth-order valence-electron chi connectivity index (χ4n) is 4.86. The van der Waals surface area contributed by atoms with Gasteiger partial charge in [0.2, 0.25) is 0 Å². The van der Waals surface area contributed by atoms with Gasteiger partial charge in [-0.05, 0) is 74.7 Å². The molecule has 2 bridgehead atoms. The summed E-state index contributed by atoms with van der Waals surface area (Å²) in [6.07, 6.45) is 4.95. The highest BCUT2D eigenvalue weighted by atomic mass is 35.5. The molecule has 1 saturated carbocycles. The summed E-state index contributed by atoms with van der Waals surface area (Å²) in [4.78, 5) is 16.4. The standard InChI is InChI=1S/C19H21ClN2OS.ClH/c1-11-14(20)3-2-13-10-15(24-16(11)13)18(23)21-17-12-4-8-22(9-5-12)19(17)6-7-19;/h2-3,10,12,17H,4-9H2,1H3,(H,21,23);1H/t17-;/m1./s1. The Kier molecular flexibility index (Phi) is 4.31. The van der Waals surface area contributed by atoms with Crippen LogP contribution in [0.25, 0.3) is 10.1 Å². The van der Waals surface area contributed by atoms with Crippen LogP contribution in [-0.2, 0) is 0 Å². The third-order valence-corrected chi connectivity index (χ3v) is 8.04. The van der Waals surface area contributed by atoms with E-state index in [4.69, 9.17) is 11.6 Å². The lowest BCUT2D eigenvalue weighted by Gasteiger charge is -2.52. The van der Waals surface area contributed by atoms with Gasteiger partial charge in [-0.3, -0.25) is 9.69 Å². The fraction of sp³-hybridized carbons (Fsp3) is 0.526. The molecule has 0 radical (unpaired) electrons. The van der Waals surface area contributed by atoms with Crippen LogP contribution in [-0.4, -0.2) is 35.5 Å². The van der Waals surface area contributed by atoms with Crippen molar-refractivity contribution < 1.29 is 4.79 Å². The van der Waals surface area contributed by atoms with Crippen molar-refractivity contribution in [3.63, 3.8) is 0 Å². The Morgan fingerprint density at radius 1 is 1.32 bits per heavy atom. The predicted molar refractivity (Wildman–Crippen MR) is 106 cm³/mol. The van der Waals surface area contributed by atoms with Crippen molar-refractivity contribution in [3.8, 4) is 0 Å². The monoisotopic (exact) mass is 396 g/mol. The molecule has 1 atom stereocenters. The quantitative estimate of drug-likeness (QED) is 0.801. The van der Waals surface area contributed by atoms with Crippen LogP contribution in [0.15, 0.2) is 18.2 Å². The normalized spacial score (nSPS) is 28.8. The number of nitrogens with zero attached hydrogens (tertiary/aromatic N) is 1. The van der Waals surface area contributed by atoms with Crippen LogP contribution in [0.3, 0.4) is 0 Å². The molecule has 4 heterocycles. The van der Waals surface area contributed by atoms with Crippen molar-refractivity contribution in [1.29, 1.82) is 0 Å². The van der Waals surface area contributed by atoms with E-state index in [0.29, 0.717) is 12.0 Å². The number of aryl methyl sites for hydroxylation is 1. The molecular weight excluding hydrogens is 375 g/mol. The van der Waals surface area contributed by atoms with Gasteiger partial charge in [0, 0.05) is 15.3 Å². The summed E-state index contributed by atoms with van der Waals surface area (Å²) in [6.45, 7) is 4.46. The van der Waals surface area contributed by atoms with Crippen molar-refractivity contribution in [2.75, 3.05) is 13.1 Å². The maximum absolute atomic E-state index is 12.9. The number of amides is 1. The Hall–Kier alpha value is -0.810. The highest BCUT2D eigenvalue weighted by Crippen LogP contribution is 2.53. The van der Waals surface area contributed by atoms with Crippen LogP contribution in [0.2, 0.25) is 5.02 Å². The van der Waals surface area contributed by atoms with Gasteiger partial charge in [0.25, 0.3) is 5.91 Å². The molecule has 4 aliphatic rings. The molecule has 0 unspecified atom stereocenters. The molecule has 134 valence electrons. The van der Waals surface area contributed by atoms with Gasteiger partial charge in [0.05, 0.1) is 10.9 Å². The summed E-state index contributed by atoms with van der Waals surface area (Å²) in [5.41, 5.74) is 1.35. The van der Waals surface area contributed by atoms with E-state index in [-0.39, 0.29) is 23.9 Å². The zero-order valence-corrected chi connectivity index (χ0v) is 16.6. The van der Waals surface area contributed by atoms with Gasteiger partial charge in [0.15, 0.2) is 0 Å². The Morgan fingerprint density at radius 3 is 2.72 bits per heavy atom. The number of hydrogen-bond acceptors (Lipinski definition) is 3. The van der Waals surface area contributed by atoms with Gasteiger partial charge in [0.1, 0.15) is 0 Å². The number of halogens is 2. The number of hydrogen-bond donors (Lipinski definition) is 1. The smallest absolute Gasteiger partial charge is 0.261 e. The lowest BCUT2D eigenvalue weighted by atomic mass is 9.77. The molecular formula is C19H22Cl2N2OS. The van der Waals surface area contributed by atoms with Crippen LogP contribution in [0.4, 0.5) is 0 Å². The Bertz CT molecular complexity index is 837. The second-order valence-corrected chi connectivity index (χ2v) is 9.04. The minimum absolute atomic E-state index is 0. The second-order valence-electron chi connectivity index (χ2n) is 7.58. The first-order valence-corrected chi connectivity index (χ1v) is 10.0. The highest BCUT2D eigenvalue weighted by Gasteiger charge is 2.60. The predicted octanol–water partition coefficient (Wildman–Crippen LogP) is 4.64. The van der Waals surface area contributed by atoms with E-state index in [1.807, 2.05) is 25.1 Å². The van der Waals surface area contributed by atoms with E-state index in [9.17, 15) is 4.79 Å². The molecule has 3 aliphatic heterocycles. The molecule has 1 aromatic heterocycles. The summed E-state index contributed by atoms with van der Waals surface area (Å²) in [5, 5.41) is 5.29.